The zero-order chi connectivity index (χ0) is 39.0. The molecular weight excluding hydrogens is 701 g/mol. The van der Waals surface area contributed by atoms with Crippen LogP contribution in [0.3, 0.4) is 0 Å². The van der Waals surface area contributed by atoms with Crippen LogP contribution in [0.5, 0.6) is 0 Å². The van der Waals surface area contributed by atoms with Crippen LogP contribution in [-0.4, -0.2) is 9.13 Å². The van der Waals surface area contributed by atoms with Crippen molar-refractivity contribution in [2.45, 2.75) is 52.4 Å². The summed E-state index contributed by atoms with van der Waals surface area (Å²) in [7, 11) is 0. The van der Waals surface area contributed by atoms with Gasteiger partial charge in [0.05, 0.1) is 27.8 Å². The van der Waals surface area contributed by atoms with E-state index in [4.69, 9.17) is 0 Å². The molecule has 0 spiro atoms. The maximum atomic E-state index is 2.46. The van der Waals surface area contributed by atoms with Gasteiger partial charge in [0.2, 0.25) is 0 Å². The molecule has 0 saturated heterocycles. The minimum Gasteiger partial charge on any atom is -0.309 e. The molecule has 0 aliphatic carbocycles. The van der Waals surface area contributed by atoms with Crippen LogP contribution < -0.4 is 0 Å². The Morgan fingerprint density at radius 1 is 0.345 bits per heavy atom. The number of unbranched alkanes of at least 4 members (excludes halogenated alkanes) is 2. The van der Waals surface area contributed by atoms with Gasteiger partial charge in [-0.25, -0.2) is 0 Å². The molecule has 2 heterocycles. The third kappa shape index (κ3) is 6.39. The van der Waals surface area contributed by atoms with Crippen LogP contribution in [0.1, 0.15) is 50.7 Å². The Bertz CT molecular complexity index is 3050. The van der Waals surface area contributed by atoms with Gasteiger partial charge in [-0.1, -0.05) is 154 Å². The predicted octanol–water partition coefficient (Wildman–Crippen LogP) is 15.6. The van der Waals surface area contributed by atoms with Crippen LogP contribution in [-0.2, 0) is 12.8 Å². The number of rotatable bonds is 11. The number of hydrogen-bond acceptors (Lipinski definition) is 0. The Balaban J connectivity index is 1.05. The monoisotopic (exact) mass is 748 g/mol. The lowest BCUT2D eigenvalue weighted by Gasteiger charge is -2.15. The number of benzene rings is 8. The van der Waals surface area contributed by atoms with E-state index in [2.05, 4.69) is 205 Å². The van der Waals surface area contributed by atoms with Crippen LogP contribution in [0.15, 0.2) is 182 Å². The van der Waals surface area contributed by atoms with Crippen LogP contribution in [0.4, 0.5) is 0 Å². The van der Waals surface area contributed by atoms with Crippen LogP contribution >= 0.6 is 0 Å². The fourth-order valence-corrected chi connectivity index (χ4v) is 9.04. The van der Waals surface area contributed by atoms with Gasteiger partial charge in [-0.3, -0.25) is 0 Å². The van der Waals surface area contributed by atoms with Gasteiger partial charge in [0, 0.05) is 32.8 Å². The maximum absolute atomic E-state index is 2.46. The highest BCUT2D eigenvalue weighted by atomic mass is 15.0. The molecule has 0 atom stereocenters. The zero-order valence-corrected chi connectivity index (χ0v) is 33.5. The SMILES string of the molecule is CCCCc1ccc(-c2ccc(-n3c4ccccc4c4cc(-c5ccccc5-n5c6ccccc6c6cc(-c7ccc(CCCC)cc7)ccc65)ccc43)cc2)cc1. The van der Waals surface area contributed by atoms with Crippen molar-refractivity contribution in [2.24, 2.45) is 0 Å². The number of hydrogen-bond donors (Lipinski definition) is 0. The summed E-state index contributed by atoms with van der Waals surface area (Å²) < 4.78 is 4.88. The molecule has 0 saturated carbocycles. The summed E-state index contributed by atoms with van der Waals surface area (Å²) in [4.78, 5) is 0. The summed E-state index contributed by atoms with van der Waals surface area (Å²) in [5.41, 5.74) is 17.4. The molecule has 0 N–H and O–H groups in total. The van der Waals surface area contributed by atoms with Gasteiger partial charge in [0.25, 0.3) is 0 Å². The molecule has 0 bridgehead atoms. The van der Waals surface area contributed by atoms with Crippen LogP contribution in [0.25, 0.3) is 88.4 Å². The molecule has 10 rings (SSSR count). The van der Waals surface area contributed by atoms with E-state index in [0.29, 0.717) is 0 Å². The first kappa shape index (κ1) is 35.8. The highest BCUT2D eigenvalue weighted by Gasteiger charge is 2.18. The fraction of sp³-hybridized carbons (Fsp3) is 0.143. The van der Waals surface area contributed by atoms with Crippen molar-refractivity contribution >= 4 is 43.6 Å². The molecular formula is C56H48N2. The Kier molecular flexibility index (Phi) is 9.47. The lowest BCUT2D eigenvalue weighted by atomic mass is 9.99. The molecule has 0 unspecified atom stereocenters. The highest BCUT2D eigenvalue weighted by molar-refractivity contribution is 6.12. The molecule has 2 aromatic heterocycles. The van der Waals surface area contributed by atoms with E-state index in [9.17, 15) is 0 Å². The molecule has 0 aliphatic heterocycles. The molecule has 282 valence electrons. The Morgan fingerprint density at radius 2 is 0.776 bits per heavy atom. The first-order valence-electron chi connectivity index (χ1n) is 21.1. The second kappa shape index (κ2) is 15.4. The number of aromatic nitrogens is 2. The van der Waals surface area contributed by atoms with E-state index in [-0.39, 0.29) is 0 Å². The molecule has 8 aromatic carbocycles. The van der Waals surface area contributed by atoms with Crippen molar-refractivity contribution in [2.75, 3.05) is 0 Å². The lowest BCUT2D eigenvalue weighted by Crippen LogP contribution is -1.97. The van der Waals surface area contributed by atoms with Gasteiger partial charge in [-0.15, -0.1) is 0 Å². The van der Waals surface area contributed by atoms with E-state index in [0.717, 1.165) is 12.8 Å². The van der Waals surface area contributed by atoms with Gasteiger partial charge in [0.15, 0.2) is 0 Å². The Hall–Kier alpha value is -6.64. The molecule has 0 radical (unpaired) electrons. The Morgan fingerprint density at radius 3 is 1.38 bits per heavy atom. The van der Waals surface area contributed by atoms with Gasteiger partial charge >= 0.3 is 0 Å². The topological polar surface area (TPSA) is 9.86 Å². The molecule has 58 heavy (non-hydrogen) atoms. The van der Waals surface area contributed by atoms with E-state index in [1.807, 2.05) is 0 Å². The number of para-hydroxylation sites is 3. The van der Waals surface area contributed by atoms with Crippen molar-refractivity contribution in [3.8, 4) is 44.8 Å². The highest BCUT2D eigenvalue weighted by Crippen LogP contribution is 2.40. The molecule has 0 aliphatic rings. The standard InChI is InChI=1S/C56H48N2/c1-3-5-13-39-21-25-41(26-22-39)42-29-33-46(34-30-42)57-53-19-11-8-16-48(53)51-38-45(32-36-55(51)57)47-15-7-10-18-52(47)58-54-20-12-9-17-49(54)50-37-44(31-35-56(50)58)43-27-23-40(24-28-43)14-6-4-2/h7-12,15-38H,3-6,13-14H2,1-2H3. The smallest absolute Gasteiger partial charge is 0.0541 e. The summed E-state index contributed by atoms with van der Waals surface area (Å²) in [6.07, 6.45) is 7.19. The number of nitrogens with zero attached hydrogens (tertiary/aromatic N) is 2. The quantitative estimate of drug-likeness (QED) is 0.125. The molecule has 0 fully saturated rings. The van der Waals surface area contributed by atoms with E-state index >= 15 is 0 Å². The van der Waals surface area contributed by atoms with E-state index in [1.165, 1.54) is 125 Å². The van der Waals surface area contributed by atoms with Crippen molar-refractivity contribution in [1.82, 2.24) is 9.13 Å². The largest absolute Gasteiger partial charge is 0.309 e. The Labute approximate surface area is 341 Å². The van der Waals surface area contributed by atoms with Crippen molar-refractivity contribution in [1.29, 1.82) is 0 Å². The number of aryl methyl sites for hydroxylation is 2. The zero-order valence-electron chi connectivity index (χ0n) is 33.5. The van der Waals surface area contributed by atoms with Crippen molar-refractivity contribution in [3.63, 3.8) is 0 Å². The van der Waals surface area contributed by atoms with E-state index < -0.39 is 0 Å². The summed E-state index contributed by atoms with van der Waals surface area (Å²) in [6.45, 7) is 4.51. The first-order chi connectivity index (χ1) is 28.7. The number of fused-ring (bicyclic) bond motifs is 6. The minimum absolute atomic E-state index is 1.14. The van der Waals surface area contributed by atoms with Crippen LogP contribution in [0.2, 0.25) is 0 Å². The average molecular weight is 749 g/mol. The molecule has 2 nitrogen and oxygen atoms in total. The maximum Gasteiger partial charge on any atom is 0.0541 e. The van der Waals surface area contributed by atoms with Gasteiger partial charge in [-0.05, 0) is 119 Å². The first-order valence-corrected chi connectivity index (χ1v) is 21.1. The summed E-state index contributed by atoms with van der Waals surface area (Å²) in [5.74, 6) is 0. The summed E-state index contributed by atoms with van der Waals surface area (Å²) in [5, 5.41) is 5.04. The summed E-state index contributed by atoms with van der Waals surface area (Å²) in [6, 6.07) is 67.9. The van der Waals surface area contributed by atoms with Gasteiger partial charge in [0.1, 0.15) is 0 Å². The van der Waals surface area contributed by atoms with Gasteiger partial charge < -0.3 is 9.13 Å². The average Bonchev–Trinajstić information content (AvgIpc) is 3.80. The minimum atomic E-state index is 1.14. The van der Waals surface area contributed by atoms with Gasteiger partial charge in [-0.2, -0.15) is 0 Å². The summed E-state index contributed by atoms with van der Waals surface area (Å²) >= 11 is 0. The fourth-order valence-electron chi connectivity index (χ4n) is 9.04. The second-order valence-corrected chi connectivity index (χ2v) is 15.8. The van der Waals surface area contributed by atoms with Crippen molar-refractivity contribution in [3.05, 3.63) is 193 Å². The van der Waals surface area contributed by atoms with Crippen molar-refractivity contribution < 1.29 is 0 Å². The van der Waals surface area contributed by atoms with Crippen LogP contribution in [0, 0.1) is 0 Å². The third-order valence-corrected chi connectivity index (χ3v) is 12.1. The van der Waals surface area contributed by atoms with E-state index in [1.54, 1.807) is 0 Å². The lowest BCUT2D eigenvalue weighted by molar-refractivity contribution is 0.795. The second-order valence-electron chi connectivity index (χ2n) is 15.8. The third-order valence-electron chi connectivity index (χ3n) is 12.1. The predicted molar refractivity (Wildman–Crippen MR) is 249 cm³/mol. The molecule has 2 heteroatoms. The molecule has 0 amide bonds. The molecule has 10 aromatic rings. The normalized spacial score (nSPS) is 11.7.